The summed E-state index contributed by atoms with van der Waals surface area (Å²) in [4.78, 5) is 14.5. The van der Waals surface area contributed by atoms with Gasteiger partial charge in [0.15, 0.2) is 0 Å². The molecule has 1 aliphatic rings. The number of hydrogen-bond donors (Lipinski definition) is 2. The van der Waals surface area contributed by atoms with E-state index in [1.54, 1.807) is 25.3 Å². The van der Waals surface area contributed by atoms with E-state index in [2.05, 4.69) is 17.3 Å². The number of methoxy groups -OCH3 is 1. The van der Waals surface area contributed by atoms with Crippen LogP contribution in [-0.2, 0) is 0 Å². The van der Waals surface area contributed by atoms with Gasteiger partial charge in [-0.05, 0) is 63.5 Å². The highest BCUT2D eigenvalue weighted by molar-refractivity contribution is 5.95. The maximum absolute atomic E-state index is 12.1. The summed E-state index contributed by atoms with van der Waals surface area (Å²) >= 11 is 0. The molecule has 0 unspecified atom stereocenters. The van der Waals surface area contributed by atoms with Gasteiger partial charge in [-0.1, -0.05) is 0 Å². The van der Waals surface area contributed by atoms with E-state index in [-0.39, 0.29) is 5.91 Å². The number of amides is 1. The van der Waals surface area contributed by atoms with E-state index >= 15 is 0 Å². The third-order valence-corrected chi connectivity index (χ3v) is 4.17. The Balaban J connectivity index is 1.79. The summed E-state index contributed by atoms with van der Waals surface area (Å²) in [6, 6.07) is 5.10. The molecule has 0 aromatic heterocycles. The Kier molecular flexibility index (Phi) is 5.44. The van der Waals surface area contributed by atoms with E-state index in [0.29, 0.717) is 17.0 Å². The van der Waals surface area contributed by atoms with Crippen LogP contribution in [0.5, 0.6) is 5.75 Å². The summed E-state index contributed by atoms with van der Waals surface area (Å²) in [6.45, 7) is 3.04. The van der Waals surface area contributed by atoms with E-state index < -0.39 is 0 Å². The van der Waals surface area contributed by atoms with Crippen LogP contribution in [0, 0.1) is 5.92 Å². The van der Waals surface area contributed by atoms with Crippen molar-refractivity contribution in [3.63, 3.8) is 0 Å². The predicted molar refractivity (Wildman–Crippen MR) is 84.6 cm³/mol. The molecule has 1 aromatic rings. The molecule has 1 saturated heterocycles. The van der Waals surface area contributed by atoms with Gasteiger partial charge in [0.05, 0.1) is 12.8 Å². The first kappa shape index (κ1) is 15.6. The van der Waals surface area contributed by atoms with Crippen LogP contribution in [0.15, 0.2) is 18.2 Å². The van der Waals surface area contributed by atoms with Gasteiger partial charge in [-0.2, -0.15) is 0 Å². The topological polar surface area (TPSA) is 67.6 Å². The summed E-state index contributed by atoms with van der Waals surface area (Å²) < 4.78 is 5.14. The molecular weight excluding hydrogens is 266 g/mol. The third-order valence-electron chi connectivity index (χ3n) is 4.17. The molecule has 1 aliphatic heterocycles. The van der Waals surface area contributed by atoms with Gasteiger partial charge in [-0.25, -0.2) is 0 Å². The summed E-state index contributed by atoms with van der Waals surface area (Å²) in [6.07, 6.45) is 3.50. The third kappa shape index (κ3) is 4.36. The predicted octanol–water partition coefficient (Wildman–Crippen LogP) is 1.74. The van der Waals surface area contributed by atoms with Crippen LogP contribution in [0.25, 0.3) is 0 Å². The fourth-order valence-electron chi connectivity index (χ4n) is 2.70. The zero-order valence-electron chi connectivity index (χ0n) is 12.9. The molecule has 116 valence electrons. The second-order valence-electron chi connectivity index (χ2n) is 5.75. The first-order valence-electron chi connectivity index (χ1n) is 7.50. The molecule has 1 aromatic carbocycles. The summed E-state index contributed by atoms with van der Waals surface area (Å²) in [5, 5.41) is 2.98. The smallest absolute Gasteiger partial charge is 0.251 e. The second-order valence-corrected chi connectivity index (χ2v) is 5.75. The molecule has 1 amide bonds. The monoisotopic (exact) mass is 291 g/mol. The van der Waals surface area contributed by atoms with Crippen molar-refractivity contribution in [2.75, 3.05) is 39.5 Å². The minimum Gasteiger partial charge on any atom is -0.495 e. The highest BCUT2D eigenvalue weighted by Gasteiger charge is 2.16. The molecule has 0 radical (unpaired) electrons. The van der Waals surface area contributed by atoms with Crippen molar-refractivity contribution in [2.24, 2.45) is 5.92 Å². The highest BCUT2D eigenvalue weighted by Crippen LogP contribution is 2.22. The Bertz CT molecular complexity index is 482. The van der Waals surface area contributed by atoms with Gasteiger partial charge in [0, 0.05) is 12.1 Å². The lowest BCUT2D eigenvalue weighted by Gasteiger charge is -2.28. The maximum atomic E-state index is 12.1. The molecule has 3 N–H and O–H groups in total. The van der Waals surface area contributed by atoms with Gasteiger partial charge in [0.2, 0.25) is 0 Å². The molecule has 1 heterocycles. The fourth-order valence-corrected chi connectivity index (χ4v) is 2.70. The standard InChI is InChI=1S/C16H25N3O2/c1-19-9-6-12(7-10-19)5-8-18-16(20)13-3-4-14(17)15(11-13)21-2/h3-4,11-12H,5-10,17H2,1-2H3,(H,18,20). The molecule has 0 atom stereocenters. The Labute approximate surface area is 126 Å². The average molecular weight is 291 g/mol. The number of rotatable bonds is 5. The van der Waals surface area contributed by atoms with Crippen molar-refractivity contribution in [3.05, 3.63) is 23.8 Å². The molecule has 1 fully saturated rings. The van der Waals surface area contributed by atoms with Crippen LogP contribution in [0.3, 0.4) is 0 Å². The lowest BCUT2D eigenvalue weighted by molar-refractivity contribution is 0.0948. The van der Waals surface area contributed by atoms with E-state index in [9.17, 15) is 4.79 Å². The van der Waals surface area contributed by atoms with Crippen molar-refractivity contribution in [3.8, 4) is 5.75 Å². The number of carbonyl (C=O) groups is 1. The van der Waals surface area contributed by atoms with E-state index in [0.717, 1.165) is 32.0 Å². The maximum Gasteiger partial charge on any atom is 0.251 e. The number of likely N-dealkylation sites (tertiary alicyclic amines) is 1. The highest BCUT2D eigenvalue weighted by atomic mass is 16.5. The van der Waals surface area contributed by atoms with Crippen LogP contribution in [0.1, 0.15) is 29.6 Å². The van der Waals surface area contributed by atoms with Gasteiger partial charge in [-0.3, -0.25) is 4.79 Å². The fraction of sp³-hybridized carbons (Fsp3) is 0.562. The number of nitrogen functional groups attached to an aromatic ring is 1. The number of ether oxygens (including phenoxy) is 1. The van der Waals surface area contributed by atoms with Gasteiger partial charge < -0.3 is 20.7 Å². The molecule has 5 heteroatoms. The van der Waals surface area contributed by atoms with Crippen LogP contribution in [0.2, 0.25) is 0 Å². The number of carbonyl (C=O) groups excluding carboxylic acids is 1. The molecule has 0 bridgehead atoms. The second kappa shape index (κ2) is 7.31. The molecule has 0 saturated carbocycles. The Morgan fingerprint density at radius 3 is 2.81 bits per heavy atom. The summed E-state index contributed by atoms with van der Waals surface area (Å²) in [5.74, 6) is 1.20. The SMILES string of the molecule is COc1cc(C(=O)NCCC2CCN(C)CC2)ccc1N. The first-order valence-corrected chi connectivity index (χ1v) is 7.50. The quantitative estimate of drug-likeness (QED) is 0.811. The first-order chi connectivity index (χ1) is 10.1. The number of hydrogen-bond acceptors (Lipinski definition) is 4. The largest absolute Gasteiger partial charge is 0.495 e. The normalized spacial score (nSPS) is 16.7. The number of nitrogens with two attached hydrogens (primary N) is 1. The molecular formula is C16H25N3O2. The van der Waals surface area contributed by atoms with Crippen LogP contribution in [0.4, 0.5) is 5.69 Å². The number of nitrogens with zero attached hydrogens (tertiary/aromatic N) is 1. The van der Waals surface area contributed by atoms with Gasteiger partial charge in [0.25, 0.3) is 5.91 Å². The minimum absolute atomic E-state index is 0.0683. The van der Waals surface area contributed by atoms with Gasteiger partial charge in [0.1, 0.15) is 5.75 Å². The minimum atomic E-state index is -0.0683. The Morgan fingerprint density at radius 1 is 1.43 bits per heavy atom. The zero-order valence-corrected chi connectivity index (χ0v) is 12.9. The Morgan fingerprint density at radius 2 is 2.14 bits per heavy atom. The van der Waals surface area contributed by atoms with Gasteiger partial charge >= 0.3 is 0 Å². The number of anilines is 1. The van der Waals surface area contributed by atoms with Crippen molar-refractivity contribution in [2.45, 2.75) is 19.3 Å². The molecule has 21 heavy (non-hydrogen) atoms. The van der Waals surface area contributed by atoms with Crippen molar-refractivity contribution >= 4 is 11.6 Å². The van der Waals surface area contributed by atoms with Gasteiger partial charge in [-0.15, -0.1) is 0 Å². The average Bonchev–Trinajstić information content (AvgIpc) is 2.49. The molecule has 0 spiro atoms. The van der Waals surface area contributed by atoms with Crippen LogP contribution in [-0.4, -0.2) is 44.6 Å². The zero-order chi connectivity index (χ0) is 15.2. The number of piperidine rings is 1. The summed E-state index contributed by atoms with van der Waals surface area (Å²) in [7, 11) is 3.71. The Hall–Kier alpha value is -1.75. The summed E-state index contributed by atoms with van der Waals surface area (Å²) in [5.41, 5.74) is 6.88. The number of benzene rings is 1. The molecule has 0 aliphatic carbocycles. The lowest BCUT2D eigenvalue weighted by Crippen LogP contribution is -2.32. The van der Waals surface area contributed by atoms with Crippen LogP contribution >= 0.6 is 0 Å². The van der Waals surface area contributed by atoms with Crippen molar-refractivity contribution in [1.29, 1.82) is 0 Å². The molecule has 2 rings (SSSR count). The van der Waals surface area contributed by atoms with Crippen molar-refractivity contribution in [1.82, 2.24) is 10.2 Å². The van der Waals surface area contributed by atoms with E-state index in [4.69, 9.17) is 10.5 Å². The number of nitrogens with one attached hydrogen (secondary N) is 1. The lowest BCUT2D eigenvalue weighted by atomic mass is 9.94. The van der Waals surface area contributed by atoms with Crippen LogP contribution < -0.4 is 15.8 Å². The van der Waals surface area contributed by atoms with E-state index in [1.165, 1.54) is 12.8 Å². The molecule has 5 nitrogen and oxygen atoms in total. The van der Waals surface area contributed by atoms with E-state index in [1.807, 2.05) is 0 Å². The van der Waals surface area contributed by atoms with Crippen molar-refractivity contribution < 1.29 is 9.53 Å².